The largest absolute Gasteiger partial charge is 0.305 e. The molecule has 0 aromatic heterocycles. The Morgan fingerprint density at radius 3 is 2.32 bits per heavy atom. The Hall–Kier alpha value is -1.35. The van der Waals surface area contributed by atoms with Crippen LogP contribution >= 0.6 is 11.6 Å². The van der Waals surface area contributed by atoms with Crippen LogP contribution in [0.3, 0.4) is 0 Å². The second-order valence-electron chi connectivity index (χ2n) is 5.98. The van der Waals surface area contributed by atoms with Crippen molar-refractivity contribution in [3.63, 3.8) is 0 Å². The zero-order valence-corrected chi connectivity index (χ0v) is 13.6. The third kappa shape index (κ3) is 4.33. The zero-order chi connectivity index (χ0) is 15.2. The predicted octanol–water partition coefficient (Wildman–Crippen LogP) is 4.27. The van der Waals surface area contributed by atoms with Gasteiger partial charge in [-0.3, -0.25) is 0 Å². The number of rotatable bonds is 6. The molecule has 1 N–H and O–H groups in total. The van der Waals surface area contributed by atoms with Crippen LogP contribution in [0.1, 0.15) is 30.0 Å². The maximum atomic E-state index is 5.96. The van der Waals surface area contributed by atoms with Crippen LogP contribution in [0, 0.1) is 0 Å². The van der Waals surface area contributed by atoms with Crippen molar-refractivity contribution in [2.45, 2.75) is 25.4 Å². The smallest absolute Gasteiger partial charge is 0.0451 e. The summed E-state index contributed by atoms with van der Waals surface area (Å²) in [6.07, 6.45) is 2.66. The van der Waals surface area contributed by atoms with E-state index in [0.29, 0.717) is 6.04 Å². The Labute approximate surface area is 138 Å². The number of nitrogens with one attached hydrogen (secondary N) is 1. The highest BCUT2D eigenvalue weighted by molar-refractivity contribution is 6.30. The molecule has 0 amide bonds. The van der Waals surface area contributed by atoms with Gasteiger partial charge in [0, 0.05) is 24.2 Å². The van der Waals surface area contributed by atoms with Gasteiger partial charge >= 0.3 is 0 Å². The fraction of sp³-hybridized carbons (Fsp3) is 0.368. The molecule has 1 fully saturated rings. The Morgan fingerprint density at radius 2 is 1.64 bits per heavy atom. The average molecular weight is 315 g/mol. The molecule has 2 nitrogen and oxygen atoms in total. The van der Waals surface area contributed by atoms with Gasteiger partial charge in [-0.15, -0.1) is 0 Å². The van der Waals surface area contributed by atoms with Crippen LogP contribution in [0.5, 0.6) is 0 Å². The minimum atomic E-state index is 0.370. The van der Waals surface area contributed by atoms with E-state index in [1.807, 2.05) is 12.1 Å². The third-order valence-electron chi connectivity index (χ3n) is 4.31. The Kier molecular flexibility index (Phi) is 5.49. The van der Waals surface area contributed by atoms with Gasteiger partial charge in [0.15, 0.2) is 0 Å². The van der Waals surface area contributed by atoms with Gasteiger partial charge in [0.05, 0.1) is 0 Å². The minimum Gasteiger partial charge on any atom is -0.305 e. The third-order valence-corrected chi connectivity index (χ3v) is 4.56. The highest BCUT2D eigenvalue weighted by atomic mass is 35.5. The van der Waals surface area contributed by atoms with Gasteiger partial charge in [0.25, 0.3) is 0 Å². The fourth-order valence-electron chi connectivity index (χ4n) is 3.04. The van der Waals surface area contributed by atoms with Gasteiger partial charge < -0.3 is 10.2 Å². The number of benzene rings is 2. The van der Waals surface area contributed by atoms with Crippen molar-refractivity contribution in [2.75, 3.05) is 19.6 Å². The molecule has 0 radical (unpaired) electrons. The lowest BCUT2D eigenvalue weighted by molar-refractivity contribution is 0.291. The van der Waals surface area contributed by atoms with E-state index >= 15 is 0 Å². The SMILES string of the molecule is Clc1ccc(CNC(CN2CCCC2)c2ccccc2)cc1. The first-order valence-electron chi connectivity index (χ1n) is 8.06. The van der Waals surface area contributed by atoms with Crippen molar-refractivity contribution in [1.29, 1.82) is 0 Å². The highest BCUT2D eigenvalue weighted by Crippen LogP contribution is 2.18. The van der Waals surface area contributed by atoms with E-state index in [9.17, 15) is 0 Å². The molecule has 22 heavy (non-hydrogen) atoms. The maximum absolute atomic E-state index is 5.96. The topological polar surface area (TPSA) is 15.3 Å². The molecule has 3 heteroatoms. The molecule has 116 valence electrons. The number of likely N-dealkylation sites (tertiary alicyclic amines) is 1. The van der Waals surface area contributed by atoms with E-state index in [1.54, 1.807) is 0 Å². The van der Waals surface area contributed by atoms with E-state index in [0.717, 1.165) is 18.1 Å². The molecule has 1 aliphatic rings. The second-order valence-corrected chi connectivity index (χ2v) is 6.41. The molecule has 1 heterocycles. The Balaban J connectivity index is 1.66. The molecular weight excluding hydrogens is 292 g/mol. The standard InChI is InChI=1S/C19H23ClN2/c20-18-10-8-16(9-11-18)14-21-19(15-22-12-4-5-13-22)17-6-2-1-3-7-17/h1-3,6-11,19,21H,4-5,12-15H2. The molecule has 0 spiro atoms. The van der Waals surface area contributed by atoms with Crippen molar-refractivity contribution in [3.05, 3.63) is 70.7 Å². The summed E-state index contributed by atoms with van der Waals surface area (Å²) in [6, 6.07) is 19.2. The van der Waals surface area contributed by atoms with Crippen LogP contribution in [0.25, 0.3) is 0 Å². The lowest BCUT2D eigenvalue weighted by Crippen LogP contribution is -2.33. The van der Waals surface area contributed by atoms with E-state index in [1.165, 1.54) is 37.1 Å². The van der Waals surface area contributed by atoms with Crippen LogP contribution < -0.4 is 5.32 Å². The maximum Gasteiger partial charge on any atom is 0.0451 e. The summed E-state index contributed by atoms with van der Waals surface area (Å²) >= 11 is 5.96. The molecule has 0 bridgehead atoms. The quantitative estimate of drug-likeness (QED) is 0.856. The fourth-order valence-corrected chi connectivity index (χ4v) is 3.17. The summed E-state index contributed by atoms with van der Waals surface area (Å²) in [5.74, 6) is 0. The van der Waals surface area contributed by atoms with Crippen molar-refractivity contribution in [2.24, 2.45) is 0 Å². The molecule has 3 rings (SSSR count). The molecule has 1 saturated heterocycles. The first kappa shape index (κ1) is 15.5. The second kappa shape index (κ2) is 7.77. The Morgan fingerprint density at radius 1 is 0.955 bits per heavy atom. The molecule has 0 saturated carbocycles. The lowest BCUT2D eigenvalue weighted by atomic mass is 10.1. The van der Waals surface area contributed by atoms with E-state index in [2.05, 4.69) is 52.7 Å². The summed E-state index contributed by atoms with van der Waals surface area (Å²) in [5, 5.41) is 4.51. The van der Waals surface area contributed by atoms with Gasteiger partial charge in [-0.1, -0.05) is 54.1 Å². The van der Waals surface area contributed by atoms with Gasteiger partial charge in [0.2, 0.25) is 0 Å². The first-order valence-corrected chi connectivity index (χ1v) is 8.44. The molecule has 0 aliphatic carbocycles. The van der Waals surface area contributed by atoms with E-state index in [-0.39, 0.29) is 0 Å². The van der Waals surface area contributed by atoms with Crippen molar-refractivity contribution >= 4 is 11.6 Å². The van der Waals surface area contributed by atoms with Gasteiger partial charge in [-0.25, -0.2) is 0 Å². The van der Waals surface area contributed by atoms with Crippen LogP contribution in [0.15, 0.2) is 54.6 Å². The van der Waals surface area contributed by atoms with Crippen LogP contribution in [0.2, 0.25) is 5.02 Å². The van der Waals surface area contributed by atoms with Crippen molar-refractivity contribution < 1.29 is 0 Å². The summed E-state index contributed by atoms with van der Waals surface area (Å²) in [6.45, 7) is 4.40. The summed E-state index contributed by atoms with van der Waals surface area (Å²) in [5.41, 5.74) is 2.63. The van der Waals surface area contributed by atoms with Crippen molar-refractivity contribution in [3.8, 4) is 0 Å². The number of hydrogen-bond acceptors (Lipinski definition) is 2. The predicted molar refractivity (Wildman–Crippen MR) is 93.1 cm³/mol. The van der Waals surface area contributed by atoms with Crippen LogP contribution in [0.4, 0.5) is 0 Å². The highest BCUT2D eigenvalue weighted by Gasteiger charge is 2.18. The number of nitrogens with zero attached hydrogens (tertiary/aromatic N) is 1. The molecule has 1 unspecified atom stereocenters. The molecule has 2 aromatic carbocycles. The average Bonchev–Trinajstić information content (AvgIpc) is 3.07. The monoisotopic (exact) mass is 314 g/mol. The zero-order valence-electron chi connectivity index (χ0n) is 12.8. The summed E-state index contributed by atoms with van der Waals surface area (Å²) in [7, 11) is 0. The van der Waals surface area contributed by atoms with Crippen molar-refractivity contribution in [1.82, 2.24) is 10.2 Å². The molecule has 1 aliphatic heterocycles. The summed E-state index contributed by atoms with van der Waals surface area (Å²) < 4.78 is 0. The first-order chi connectivity index (χ1) is 10.8. The van der Waals surface area contributed by atoms with Gasteiger partial charge in [-0.05, 0) is 49.2 Å². The lowest BCUT2D eigenvalue weighted by Gasteiger charge is -2.25. The van der Waals surface area contributed by atoms with E-state index in [4.69, 9.17) is 11.6 Å². The van der Waals surface area contributed by atoms with E-state index < -0.39 is 0 Å². The summed E-state index contributed by atoms with van der Waals surface area (Å²) in [4.78, 5) is 2.56. The minimum absolute atomic E-state index is 0.370. The normalized spacial score (nSPS) is 16.8. The molecule has 1 atom stereocenters. The van der Waals surface area contributed by atoms with Crippen LogP contribution in [-0.2, 0) is 6.54 Å². The number of hydrogen-bond donors (Lipinski definition) is 1. The molecular formula is C19H23ClN2. The number of halogens is 1. The molecule has 2 aromatic rings. The van der Waals surface area contributed by atoms with Crippen LogP contribution in [-0.4, -0.2) is 24.5 Å². The van der Waals surface area contributed by atoms with Gasteiger partial charge in [-0.2, -0.15) is 0 Å². The van der Waals surface area contributed by atoms with Gasteiger partial charge in [0.1, 0.15) is 0 Å². The Bertz CT molecular complexity index is 562.